The predicted octanol–water partition coefficient (Wildman–Crippen LogP) is 3.59. The number of carbonyl (C=O) groups excluding carboxylic acids is 1. The summed E-state index contributed by atoms with van der Waals surface area (Å²) in [6.07, 6.45) is -2.90. The molecular formula is C20H18F3N2O2+. The molecule has 0 aliphatic rings. The summed E-state index contributed by atoms with van der Waals surface area (Å²) < 4.78 is 43.8. The van der Waals surface area contributed by atoms with Crippen LogP contribution in [0.25, 0.3) is 0 Å². The van der Waals surface area contributed by atoms with Gasteiger partial charge >= 0.3 is 6.18 Å². The van der Waals surface area contributed by atoms with E-state index in [0.717, 1.165) is 17.7 Å². The lowest BCUT2D eigenvalue weighted by molar-refractivity contribution is -0.678. The van der Waals surface area contributed by atoms with Crippen LogP contribution < -0.4 is 10.6 Å². The van der Waals surface area contributed by atoms with Crippen LogP contribution in [0.2, 0.25) is 0 Å². The predicted molar refractivity (Wildman–Crippen MR) is 93.9 cm³/mol. The summed E-state index contributed by atoms with van der Waals surface area (Å²) in [5.74, 6) is 0.287. The van der Waals surface area contributed by atoms with E-state index in [1.165, 1.54) is 12.1 Å². The van der Waals surface area contributed by atoms with Gasteiger partial charge in [0, 0.05) is 11.3 Å². The number of nitrogens with two attached hydrogens (primary N) is 1. The van der Waals surface area contributed by atoms with Crippen molar-refractivity contribution in [2.45, 2.75) is 12.2 Å². The molecule has 0 aliphatic heterocycles. The number of benzene rings is 2. The number of halogens is 3. The minimum absolute atomic E-state index is 0.0243. The second-order valence-corrected chi connectivity index (χ2v) is 5.97. The zero-order chi connectivity index (χ0) is 19.3. The Morgan fingerprint density at radius 1 is 1.04 bits per heavy atom. The van der Waals surface area contributed by atoms with Crippen LogP contribution in [0.1, 0.15) is 22.9 Å². The highest BCUT2D eigenvalue weighted by atomic mass is 19.4. The second kappa shape index (κ2) is 8.09. The van der Waals surface area contributed by atoms with E-state index in [0.29, 0.717) is 5.76 Å². The molecule has 3 aromatic rings. The van der Waals surface area contributed by atoms with Crippen molar-refractivity contribution in [1.82, 2.24) is 0 Å². The van der Waals surface area contributed by atoms with Gasteiger partial charge in [0.05, 0.1) is 11.8 Å². The van der Waals surface area contributed by atoms with Gasteiger partial charge in [-0.1, -0.05) is 36.4 Å². The average Bonchev–Trinajstić information content (AvgIpc) is 3.17. The van der Waals surface area contributed by atoms with Crippen LogP contribution in [-0.4, -0.2) is 12.5 Å². The maximum atomic E-state index is 12.8. The quantitative estimate of drug-likeness (QED) is 0.692. The molecule has 0 saturated carbocycles. The Morgan fingerprint density at radius 2 is 1.81 bits per heavy atom. The molecule has 0 unspecified atom stereocenters. The topological polar surface area (TPSA) is 58.9 Å². The van der Waals surface area contributed by atoms with E-state index in [-0.39, 0.29) is 18.3 Å². The summed E-state index contributed by atoms with van der Waals surface area (Å²) >= 11 is 0. The molecule has 0 fully saturated rings. The summed E-state index contributed by atoms with van der Waals surface area (Å²) in [6.45, 7) is 0.0243. The van der Waals surface area contributed by atoms with Crippen molar-refractivity contribution < 1.29 is 27.7 Å². The van der Waals surface area contributed by atoms with Crippen molar-refractivity contribution in [3.8, 4) is 0 Å². The second-order valence-electron chi connectivity index (χ2n) is 5.97. The molecule has 2 aromatic carbocycles. The molecule has 0 radical (unpaired) electrons. The standard InChI is InChI=1S/C20H17F3N2O2/c21-20(22,23)15-8-4-9-16(12-15)25-18(26)13-24-19(17-10-5-11-27-17)14-6-2-1-3-7-14/h1-12,19,24H,13H2,(H,25,26)/p+1/t19-/m1/s1. The third-order valence-corrected chi connectivity index (χ3v) is 4.02. The molecule has 0 aliphatic carbocycles. The maximum absolute atomic E-state index is 12.8. The van der Waals surface area contributed by atoms with Crippen molar-refractivity contribution in [1.29, 1.82) is 0 Å². The Labute approximate surface area is 154 Å². The largest absolute Gasteiger partial charge is 0.463 e. The Bertz CT molecular complexity index is 878. The first-order chi connectivity index (χ1) is 12.9. The summed E-state index contributed by atoms with van der Waals surface area (Å²) in [5, 5.41) is 4.28. The molecule has 1 atom stereocenters. The molecule has 140 valence electrons. The summed E-state index contributed by atoms with van der Waals surface area (Å²) in [7, 11) is 0. The molecule has 3 rings (SSSR count). The fourth-order valence-corrected chi connectivity index (χ4v) is 2.76. The zero-order valence-electron chi connectivity index (χ0n) is 14.2. The van der Waals surface area contributed by atoms with E-state index in [1.807, 2.05) is 36.4 Å². The number of furan rings is 1. The van der Waals surface area contributed by atoms with Gasteiger partial charge in [-0.05, 0) is 30.3 Å². The lowest BCUT2D eigenvalue weighted by atomic mass is 10.0. The van der Waals surface area contributed by atoms with Crippen LogP contribution in [0.3, 0.4) is 0 Å². The Hall–Kier alpha value is -3.06. The van der Waals surface area contributed by atoms with Crippen LogP contribution in [0, 0.1) is 0 Å². The lowest BCUT2D eigenvalue weighted by Crippen LogP contribution is -2.87. The first-order valence-electron chi connectivity index (χ1n) is 8.32. The van der Waals surface area contributed by atoms with Gasteiger partial charge in [-0.2, -0.15) is 13.2 Å². The molecule has 0 spiro atoms. The lowest BCUT2D eigenvalue weighted by Gasteiger charge is -2.14. The van der Waals surface area contributed by atoms with Gasteiger partial charge in [0.2, 0.25) is 0 Å². The summed E-state index contributed by atoms with van der Waals surface area (Å²) in [5.41, 5.74) is 0.263. The molecule has 1 aromatic heterocycles. The van der Waals surface area contributed by atoms with Crippen LogP contribution in [0.5, 0.6) is 0 Å². The van der Waals surface area contributed by atoms with Gasteiger partial charge in [-0.15, -0.1) is 0 Å². The van der Waals surface area contributed by atoms with Crippen molar-refractivity contribution in [3.63, 3.8) is 0 Å². The van der Waals surface area contributed by atoms with Crippen LogP contribution >= 0.6 is 0 Å². The smallest absolute Gasteiger partial charge is 0.416 e. The average molecular weight is 375 g/mol. The van der Waals surface area contributed by atoms with Gasteiger partial charge < -0.3 is 15.1 Å². The maximum Gasteiger partial charge on any atom is 0.416 e. The summed E-state index contributed by atoms with van der Waals surface area (Å²) in [4.78, 5) is 12.2. The number of carbonyl (C=O) groups is 1. The number of quaternary nitrogens is 1. The minimum atomic E-state index is -4.45. The first kappa shape index (κ1) is 18.7. The number of rotatable bonds is 6. The Kier molecular flexibility index (Phi) is 5.61. The number of hydrogen-bond acceptors (Lipinski definition) is 2. The monoisotopic (exact) mass is 375 g/mol. The number of anilines is 1. The van der Waals surface area contributed by atoms with Crippen molar-refractivity contribution in [2.75, 3.05) is 11.9 Å². The Morgan fingerprint density at radius 3 is 2.48 bits per heavy atom. The number of amides is 1. The number of nitrogens with one attached hydrogen (secondary N) is 1. The van der Waals surface area contributed by atoms with Crippen LogP contribution in [0.15, 0.2) is 77.4 Å². The van der Waals surface area contributed by atoms with E-state index in [9.17, 15) is 18.0 Å². The molecule has 0 bridgehead atoms. The normalized spacial score (nSPS) is 12.6. The molecular weight excluding hydrogens is 357 g/mol. The van der Waals surface area contributed by atoms with E-state index in [2.05, 4.69) is 5.32 Å². The molecule has 3 N–H and O–H groups in total. The van der Waals surface area contributed by atoms with Gasteiger partial charge in [0.25, 0.3) is 5.91 Å². The SMILES string of the molecule is O=C(C[NH2+][C@H](c1ccccc1)c1ccco1)Nc1cccc(C(F)(F)F)c1. The minimum Gasteiger partial charge on any atom is -0.463 e. The number of alkyl halides is 3. The van der Waals surface area contributed by atoms with E-state index < -0.39 is 17.6 Å². The van der Waals surface area contributed by atoms with E-state index >= 15 is 0 Å². The molecule has 0 saturated heterocycles. The number of hydrogen-bond donors (Lipinski definition) is 2. The van der Waals surface area contributed by atoms with Crippen LogP contribution in [0.4, 0.5) is 18.9 Å². The molecule has 1 amide bonds. The van der Waals surface area contributed by atoms with Gasteiger partial charge in [0.1, 0.15) is 0 Å². The first-order valence-corrected chi connectivity index (χ1v) is 8.32. The fourth-order valence-electron chi connectivity index (χ4n) is 2.76. The van der Waals surface area contributed by atoms with Crippen molar-refractivity contribution in [2.24, 2.45) is 0 Å². The molecule has 7 heteroatoms. The zero-order valence-corrected chi connectivity index (χ0v) is 14.2. The van der Waals surface area contributed by atoms with Gasteiger partial charge in [0.15, 0.2) is 18.3 Å². The van der Waals surface area contributed by atoms with E-state index in [4.69, 9.17) is 4.42 Å². The highest BCUT2D eigenvalue weighted by Gasteiger charge is 2.30. The summed E-state index contributed by atoms with van der Waals surface area (Å²) in [6, 6.07) is 17.4. The van der Waals surface area contributed by atoms with Crippen molar-refractivity contribution in [3.05, 3.63) is 89.9 Å². The highest BCUT2D eigenvalue weighted by molar-refractivity contribution is 5.91. The van der Waals surface area contributed by atoms with Crippen LogP contribution in [-0.2, 0) is 11.0 Å². The third kappa shape index (κ3) is 4.98. The van der Waals surface area contributed by atoms with Gasteiger partial charge in [-0.25, -0.2) is 0 Å². The Balaban J connectivity index is 1.67. The van der Waals surface area contributed by atoms with Gasteiger partial charge in [-0.3, -0.25) is 4.79 Å². The highest BCUT2D eigenvalue weighted by Crippen LogP contribution is 2.30. The molecule has 27 heavy (non-hydrogen) atoms. The fraction of sp³-hybridized carbons (Fsp3) is 0.150. The molecule has 1 heterocycles. The third-order valence-electron chi connectivity index (χ3n) is 4.02. The van der Waals surface area contributed by atoms with Crippen molar-refractivity contribution >= 4 is 11.6 Å². The van der Waals surface area contributed by atoms with E-state index in [1.54, 1.807) is 17.6 Å². The molecule has 4 nitrogen and oxygen atoms in total.